The van der Waals surface area contributed by atoms with Gasteiger partial charge in [0.05, 0.1) is 26.2 Å². The first-order chi connectivity index (χ1) is 11.8. The number of amides is 1. The lowest BCUT2D eigenvalue weighted by atomic mass is 9.96. The molecular formula is C19H28FNO4. The van der Waals surface area contributed by atoms with E-state index in [2.05, 4.69) is 5.32 Å². The summed E-state index contributed by atoms with van der Waals surface area (Å²) in [7, 11) is 1.38. The van der Waals surface area contributed by atoms with Gasteiger partial charge in [-0.15, -0.1) is 0 Å². The molecule has 0 bridgehead atoms. The molecule has 1 aromatic rings. The average Bonchev–Trinajstić information content (AvgIpc) is 2.53. The minimum absolute atomic E-state index is 0.0558. The molecular weight excluding hydrogens is 325 g/mol. The second-order valence-electron chi connectivity index (χ2n) is 6.49. The number of rotatable bonds is 9. The van der Waals surface area contributed by atoms with Crippen molar-refractivity contribution in [3.8, 4) is 5.75 Å². The van der Waals surface area contributed by atoms with Crippen molar-refractivity contribution >= 4 is 11.9 Å². The van der Waals surface area contributed by atoms with Crippen molar-refractivity contribution in [3.63, 3.8) is 0 Å². The molecule has 0 radical (unpaired) electrons. The molecule has 0 aliphatic rings. The molecule has 0 saturated heterocycles. The van der Waals surface area contributed by atoms with Gasteiger partial charge in [-0.3, -0.25) is 9.59 Å². The van der Waals surface area contributed by atoms with Gasteiger partial charge in [0.1, 0.15) is 0 Å². The van der Waals surface area contributed by atoms with Gasteiger partial charge in [0.15, 0.2) is 11.6 Å². The molecule has 0 aliphatic heterocycles. The zero-order chi connectivity index (χ0) is 19.0. The molecule has 0 heterocycles. The van der Waals surface area contributed by atoms with Crippen molar-refractivity contribution in [2.45, 2.75) is 46.6 Å². The number of esters is 1. The molecule has 6 heteroatoms. The van der Waals surface area contributed by atoms with E-state index in [9.17, 15) is 14.0 Å². The summed E-state index contributed by atoms with van der Waals surface area (Å²) in [6, 6.07) is 3.74. The van der Waals surface area contributed by atoms with E-state index < -0.39 is 17.8 Å². The highest BCUT2D eigenvalue weighted by Gasteiger charge is 2.23. The molecule has 0 spiro atoms. The molecule has 1 N–H and O–H groups in total. The topological polar surface area (TPSA) is 64.6 Å². The van der Waals surface area contributed by atoms with Crippen LogP contribution in [-0.4, -0.2) is 25.6 Å². The first-order valence-electron chi connectivity index (χ1n) is 8.57. The molecule has 0 saturated carbocycles. The van der Waals surface area contributed by atoms with Crippen LogP contribution in [-0.2, 0) is 14.3 Å². The van der Waals surface area contributed by atoms with Gasteiger partial charge in [-0.05, 0) is 37.0 Å². The van der Waals surface area contributed by atoms with Crippen LogP contribution in [0.5, 0.6) is 5.75 Å². The number of benzene rings is 1. The minimum Gasteiger partial charge on any atom is -0.494 e. The monoisotopic (exact) mass is 353 g/mol. The fourth-order valence-electron chi connectivity index (χ4n) is 2.67. The van der Waals surface area contributed by atoms with E-state index in [4.69, 9.17) is 9.47 Å². The van der Waals surface area contributed by atoms with Crippen LogP contribution in [0.2, 0.25) is 0 Å². The third-order valence-electron chi connectivity index (χ3n) is 3.84. The lowest BCUT2D eigenvalue weighted by Gasteiger charge is -2.22. The molecule has 0 fully saturated rings. The van der Waals surface area contributed by atoms with Crippen molar-refractivity contribution in [1.29, 1.82) is 0 Å². The minimum atomic E-state index is -0.651. The van der Waals surface area contributed by atoms with Crippen LogP contribution in [0.4, 0.5) is 4.39 Å². The van der Waals surface area contributed by atoms with Crippen molar-refractivity contribution in [1.82, 2.24) is 5.32 Å². The number of halogens is 1. The van der Waals surface area contributed by atoms with Gasteiger partial charge in [0.25, 0.3) is 0 Å². The van der Waals surface area contributed by atoms with Crippen LogP contribution in [0.3, 0.4) is 0 Å². The Labute approximate surface area is 148 Å². The summed E-state index contributed by atoms with van der Waals surface area (Å²) >= 11 is 0. The zero-order valence-corrected chi connectivity index (χ0v) is 15.6. The number of hydrogen-bond acceptors (Lipinski definition) is 4. The molecule has 5 nitrogen and oxygen atoms in total. The fraction of sp³-hybridized carbons (Fsp3) is 0.579. The van der Waals surface area contributed by atoms with Gasteiger partial charge in [-0.25, -0.2) is 4.39 Å². The Hall–Kier alpha value is -2.11. The van der Waals surface area contributed by atoms with Crippen LogP contribution in [0, 0.1) is 17.7 Å². The van der Waals surface area contributed by atoms with E-state index >= 15 is 0 Å². The van der Waals surface area contributed by atoms with Gasteiger partial charge in [0.2, 0.25) is 5.91 Å². The van der Waals surface area contributed by atoms with E-state index in [1.54, 1.807) is 13.0 Å². The van der Waals surface area contributed by atoms with Gasteiger partial charge >= 0.3 is 5.97 Å². The Bertz CT molecular complexity index is 589. The second kappa shape index (κ2) is 10.0. The molecule has 0 aliphatic carbocycles. The van der Waals surface area contributed by atoms with Crippen molar-refractivity contribution in [2.75, 3.05) is 13.7 Å². The Morgan fingerprint density at radius 2 is 1.92 bits per heavy atom. The van der Waals surface area contributed by atoms with E-state index in [0.717, 1.165) is 6.42 Å². The third kappa shape index (κ3) is 6.72. The highest BCUT2D eigenvalue weighted by Crippen LogP contribution is 2.25. The predicted octanol–water partition coefficient (Wildman–Crippen LogP) is 3.63. The lowest BCUT2D eigenvalue weighted by Crippen LogP contribution is -2.35. The fourth-order valence-corrected chi connectivity index (χ4v) is 2.67. The van der Waals surface area contributed by atoms with Gasteiger partial charge in [0, 0.05) is 5.92 Å². The molecule has 1 amide bonds. The molecule has 0 aromatic heterocycles. The highest BCUT2D eigenvalue weighted by atomic mass is 19.1. The summed E-state index contributed by atoms with van der Waals surface area (Å²) in [6.45, 7) is 7.88. The van der Waals surface area contributed by atoms with Crippen LogP contribution < -0.4 is 10.1 Å². The average molecular weight is 353 g/mol. The maximum Gasteiger partial charge on any atom is 0.308 e. The zero-order valence-electron chi connectivity index (χ0n) is 15.6. The first kappa shape index (κ1) is 20.9. The Kier molecular flexibility index (Phi) is 8.38. The lowest BCUT2D eigenvalue weighted by molar-refractivity contribution is -0.144. The maximum atomic E-state index is 14.0. The predicted molar refractivity (Wildman–Crippen MR) is 93.7 cm³/mol. The van der Waals surface area contributed by atoms with Crippen LogP contribution in [0.15, 0.2) is 18.2 Å². The van der Waals surface area contributed by atoms with Crippen LogP contribution in [0.25, 0.3) is 0 Å². The number of hydrogen-bond donors (Lipinski definition) is 1. The normalized spacial score (nSPS) is 13.2. The van der Waals surface area contributed by atoms with Gasteiger partial charge in [-0.2, -0.15) is 0 Å². The third-order valence-corrected chi connectivity index (χ3v) is 3.84. The van der Waals surface area contributed by atoms with Crippen molar-refractivity contribution in [3.05, 3.63) is 29.6 Å². The molecule has 140 valence electrons. The smallest absolute Gasteiger partial charge is 0.308 e. The summed E-state index contributed by atoms with van der Waals surface area (Å²) in [6.07, 6.45) is 0.675. The quantitative estimate of drug-likeness (QED) is 0.689. The van der Waals surface area contributed by atoms with E-state index in [0.29, 0.717) is 11.5 Å². The maximum absolute atomic E-state index is 14.0. The number of carbonyl (C=O) groups excluding carboxylic acids is 2. The SMILES string of the molecule is CCOC(=O)CC(NC(=O)[C@@H](C)CC(C)C)c1ccc(OC)c(F)c1. The van der Waals surface area contributed by atoms with E-state index in [-0.39, 0.29) is 30.6 Å². The Morgan fingerprint density at radius 3 is 2.44 bits per heavy atom. The number of carbonyl (C=O) groups is 2. The van der Waals surface area contributed by atoms with Crippen LogP contribution in [0.1, 0.15) is 52.1 Å². The standard InChI is InChI=1S/C19H28FNO4/c1-6-25-18(22)11-16(21-19(23)13(4)9-12(2)3)14-7-8-17(24-5)15(20)10-14/h7-8,10,12-13,16H,6,9,11H2,1-5H3,(H,21,23)/t13-,16?/m0/s1. The molecule has 1 aromatic carbocycles. The van der Waals surface area contributed by atoms with Crippen molar-refractivity contribution < 1.29 is 23.5 Å². The summed E-state index contributed by atoms with van der Waals surface area (Å²) in [5.74, 6) is -0.869. The number of ether oxygens (including phenoxy) is 2. The highest BCUT2D eigenvalue weighted by molar-refractivity contribution is 5.80. The summed E-state index contributed by atoms with van der Waals surface area (Å²) in [5, 5.41) is 2.85. The summed E-state index contributed by atoms with van der Waals surface area (Å²) in [4.78, 5) is 24.3. The molecule has 1 rings (SSSR count). The van der Waals surface area contributed by atoms with Crippen molar-refractivity contribution in [2.24, 2.45) is 11.8 Å². The number of nitrogens with one attached hydrogen (secondary N) is 1. The van der Waals surface area contributed by atoms with Gasteiger partial charge < -0.3 is 14.8 Å². The Morgan fingerprint density at radius 1 is 1.24 bits per heavy atom. The van der Waals surface area contributed by atoms with Gasteiger partial charge in [-0.1, -0.05) is 26.8 Å². The summed E-state index contributed by atoms with van der Waals surface area (Å²) in [5.41, 5.74) is 0.497. The molecule has 1 unspecified atom stereocenters. The Balaban J connectivity index is 2.98. The van der Waals surface area contributed by atoms with E-state index in [1.165, 1.54) is 19.2 Å². The number of methoxy groups -OCH3 is 1. The molecule has 25 heavy (non-hydrogen) atoms. The first-order valence-corrected chi connectivity index (χ1v) is 8.57. The molecule has 2 atom stereocenters. The summed E-state index contributed by atoms with van der Waals surface area (Å²) < 4.78 is 23.9. The largest absolute Gasteiger partial charge is 0.494 e. The van der Waals surface area contributed by atoms with E-state index in [1.807, 2.05) is 20.8 Å². The van der Waals surface area contributed by atoms with Crippen LogP contribution >= 0.6 is 0 Å². The second-order valence-corrected chi connectivity index (χ2v) is 6.49.